The summed E-state index contributed by atoms with van der Waals surface area (Å²) in [7, 11) is -3.61. The lowest BCUT2D eigenvalue weighted by Crippen LogP contribution is -2.31. The molecule has 176 valence electrons. The zero-order valence-electron chi connectivity index (χ0n) is 18.4. The van der Waals surface area contributed by atoms with E-state index >= 15 is 0 Å². The lowest BCUT2D eigenvalue weighted by molar-refractivity contribution is 0.0997. The zero-order chi connectivity index (χ0) is 24.2. The summed E-state index contributed by atoms with van der Waals surface area (Å²) in [6.07, 6.45) is 3.38. The van der Waals surface area contributed by atoms with E-state index in [2.05, 4.69) is 11.6 Å². The third-order valence-electron chi connectivity index (χ3n) is 5.10. The van der Waals surface area contributed by atoms with Gasteiger partial charge < -0.3 is 4.57 Å². The number of nitrogens with zero attached hydrogens (tertiary/aromatic N) is 3. The number of allylic oxidation sites excluding steroid dienone is 1. The molecule has 0 saturated carbocycles. The second-order valence-electron chi connectivity index (χ2n) is 7.28. The van der Waals surface area contributed by atoms with Crippen LogP contribution in [-0.4, -0.2) is 36.3 Å². The Labute approximate surface area is 207 Å². The van der Waals surface area contributed by atoms with E-state index in [4.69, 9.17) is 23.2 Å². The van der Waals surface area contributed by atoms with Gasteiger partial charge in [-0.25, -0.2) is 8.42 Å². The Kier molecular flexibility index (Phi) is 8.53. The predicted octanol–water partition coefficient (Wildman–Crippen LogP) is 5.75. The van der Waals surface area contributed by atoms with Crippen LogP contribution in [0.5, 0.6) is 0 Å². The molecule has 1 amide bonds. The van der Waals surface area contributed by atoms with Gasteiger partial charge in [-0.05, 0) is 42.8 Å². The van der Waals surface area contributed by atoms with E-state index < -0.39 is 15.9 Å². The van der Waals surface area contributed by atoms with Crippen LogP contribution >= 0.6 is 34.5 Å². The fourth-order valence-electron chi connectivity index (χ4n) is 3.34. The molecule has 0 aliphatic carbocycles. The summed E-state index contributed by atoms with van der Waals surface area (Å²) in [4.78, 5) is 17.8. The maximum atomic E-state index is 12.9. The average molecular weight is 527 g/mol. The van der Waals surface area contributed by atoms with Crippen LogP contribution in [-0.2, 0) is 16.6 Å². The van der Waals surface area contributed by atoms with Crippen molar-refractivity contribution in [3.8, 4) is 0 Å². The number of hydrogen-bond donors (Lipinski definition) is 0. The number of aromatic nitrogens is 1. The van der Waals surface area contributed by atoms with Crippen molar-refractivity contribution < 1.29 is 13.2 Å². The fraction of sp³-hybridized carbons (Fsp3) is 0.304. The van der Waals surface area contributed by atoms with Gasteiger partial charge in [0.05, 0.1) is 25.2 Å². The Morgan fingerprint density at radius 2 is 1.88 bits per heavy atom. The largest absolute Gasteiger partial charge is 0.311 e. The van der Waals surface area contributed by atoms with Gasteiger partial charge in [0.2, 0.25) is 10.0 Å². The molecule has 3 rings (SSSR count). The summed E-state index contributed by atoms with van der Waals surface area (Å²) in [5, 5.41) is 0.800. The van der Waals surface area contributed by atoms with E-state index in [0.29, 0.717) is 40.0 Å². The molecule has 33 heavy (non-hydrogen) atoms. The lowest BCUT2D eigenvalue weighted by Gasteiger charge is -2.20. The molecule has 0 atom stereocenters. The highest BCUT2D eigenvalue weighted by molar-refractivity contribution is 7.89. The first-order valence-corrected chi connectivity index (χ1v) is 13.5. The van der Waals surface area contributed by atoms with Crippen molar-refractivity contribution in [2.45, 2.75) is 38.1 Å². The van der Waals surface area contributed by atoms with E-state index in [1.807, 2.05) is 19.9 Å². The summed E-state index contributed by atoms with van der Waals surface area (Å²) < 4.78 is 29.9. The summed E-state index contributed by atoms with van der Waals surface area (Å²) in [6.45, 7) is 8.85. The summed E-state index contributed by atoms with van der Waals surface area (Å²) in [5.74, 6) is -0.483. The Morgan fingerprint density at radius 1 is 1.18 bits per heavy atom. The van der Waals surface area contributed by atoms with E-state index in [0.717, 1.165) is 17.5 Å². The van der Waals surface area contributed by atoms with E-state index in [-0.39, 0.29) is 10.5 Å². The van der Waals surface area contributed by atoms with Crippen LogP contribution in [0.3, 0.4) is 0 Å². The summed E-state index contributed by atoms with van der Waals surface area (Å²) >= 11 is 13.9. The zero-order valence-corrected chi connectivity index (χ0v) is 21.6. The highest BCUT2D eigenvalue weighted by Crippen LogP contribution is 2.32. The molecule has 0 fully saturated rings. The molecule has 0 aliphatic rings. The Hall–Kier alpha value is -1.97. The van der Waals surface area contributed by atoms with Gasteiger partial charge in [0.25, 0.3) is 5.91 Å². The van der Waals surface area contributed by atoms with Gasteiger partial charge in [0, 0.05) is 25.2 Å². The van der Waals surface area contributed by atoms with Crippen LogP contribution in [0.2, 0.25) is 10.0 Å². The van der Waals surface area contributed by atoms with Crippen molar-refractivity contribution in [1.82, 2.24) is 8.87 Å². The molecule has 3 aromatic rings. The van der Waals surface area contributed by atoms with Gasteiger partial charge in [-0.2, -0.15) is 9.30 Å². The second kappa shape index (κ2) is 11.0. The molecular formula is C23H25Cl2N3O3S2. The Balaban J connectivity index is 1.97. The molecule has 0 unspecified atom stereocenters. The minimum Gasteiger partial charge on any atom is -0.311 e. The Morgan fingerprint density at radius 3 is 2.48 bits per heavy atom. The maximum Gasteiger partial charge on any atom is 0.279 e. The van der Waals surface area contributed by atoms with Crippen LogP contribution in [0.4, 0.5) is 0 Å². The van der Waals surface area contributed by atoms with Crippen LogP contribution in [0.1, 0.15) is 37.0 Å². The number of carbonyl (C=O) groups excluding carboxylic acids is 1. The monoisotopic (exact) mass is 525 g/mol. The number of unbranched alkanes of at least 4 members (excludes halogenated alkanes) is 1. The normalized spacial score (nSPS) is 12.6. The molecule has 10 heteroatoms. The molecule has 2 aromatic carbocycles. The first-order valence-electron chi connectivity index (χ1n) is 10.5. The van der Waals surface area contributed by atoms with Crippen LogP contribution in [0.15, 0.2) is 58.9 Å². The minimum absolute atomic E-state index is 0.155. The highest BCUT2D eigenvalue weighted by atomic mass is 35.5. The summed E-state index contributed by atoms with van der Waals surface area (Å²) in [6, 6.07) is 9.40. The fourth-order valence-corrected chi connectivity index (χ4v) is 6.35. The average Bonchev–Trinajstić information content (AvgIpc) is 3.14. The van der Waals surface area contributed by atoms with Crippen molar-refractivity contribution in [3.63, 3.8) is 0 Å². The number of fused-ring (bicyclic) bond motifs is 1. The smallest absolute Gasteiger partial charge is 0.279 e. The van der Waals surface area contributed by atoms with E-state index in [9.17, 15) is 13.2 Å². The molecule has 6 nitrogen and oxygen atoms in total. The number of benzene rings is 2. The molecule has 0 bridgehead atoms. The molecule has 1 heterocycles. The van der Waals surface area contributed by atoms with Crippen LogP contribution in [0, 0.1) is 0 Å². The van der Waals surface area contributed by atoms with E-state index in [1.54, 1.807) is 16.7 Å². The van der Waals surface area contributed by atoms with Crippen LogP contribution in [0.25, 0.3) is 10.2 Å². The van der Waals surface area contributed by atoms with Crippen molar-refractivity contribution in [1.29, 1.82) is 0 Å². The third-order valence-corrected chi connectivity index (χ3v) is 8.92. The molecule has 0 spiro atoms. The molecule has 0 radical (unpaired) electrons. The van der Waals surface area contributed by atoms with Gasteiger partial charge in [0.15, 0.2) is 4.80 Å². The number of thiazole rings is 1. The quantitative estimate of drug-likeness (QED) is 0.334. The van der Waals surface area contributed by atoms with E-state index in [1.165, 1.54) is 39.9 Å². The Bertz CT molecular complexity index is 1340. The van der Waals surface area contributed by atoms with Crippen molar-refractivity contribution in [2.75, 3.05) is 13.1 Å². The molecule has 0 aliphatic heterocycles. The first-order chi connectivity index (χ1) is 15.7. The summed E-state index contributed by atoms with van der Waals surface area (Å²) in [5.41, 5.74) is 0.978. The molecule has 0 N–H and O–H groups in total. The number of amides is 1. The molecular weight excluding hydrogens is 501 g/mol. The van der Waals surface area contributed by atoms with Crippen LogP contribution < -0.4 is 4.80 Å². The molecule has 0 saturated heterocycles. The lowest BCUT2D eigenvalue weighted by atomic mass is 10.2. The standard InChI is InChI=1S/C23H25Cl2N3O3S2/c1-4-7-15-27(6-3)33(30,31)17-10-8-16(9-11-17)22(29)26-23-28(14-5-2)21-19(32-23)13-12-18(24)20(21)25/h5,8-13H,2,4,6-7,14-15H2,1,3H3. The van der Waals surface area contributed by atoms with Gasteiger partial charge >= 0.3 is 0 Å². The minimum atomic E-state index is -3.61. The SMILES string of the molecule is C=CCn1c(=NC(=O)c2ccc(S(=O)(=O)N(CC)CCCC)cc2)sc2ccc(Cl)c(Cl)c21. The topological polar surface area (TPSA) is 71.7 Å². The highest BCUT2D eigenvalue weighted by Gasteiger charge is 2.23. The number of halogens is 2. The number of sulfonamides is 1. The predicted molar refractivity (Wildman–Crippen MR) is 136 cm³/mol. The third kappa shape index (κ3) is 5.41. The van der Waals surface area contributed by atoms with Gasteiger partial charge in [0.1, 0.15) is 0 Å². The second-order valence-corrected chi connectivity index (χ2v) is 11.0. The van der Waals surface area contributed by atoms with Gasteiger partial charge in [-0.1, -0.05) is 60.9 Å². The molecule has 1 aromatic heterocycles. The first kappa shape index (κ1) is 25.6. The van der Waals surface area contributed by atoms with Gasteiger partial charge in [-0.3, -0.25) is 4.79 Å². The number of hydrogen-bond acceptors (Lipinski definition) is 4. The van der Waals surface area contributed by atoms with Crippen molar-refractivity contribution in [3.05, 3.63) is 69.5 Å². The van der Waals surface area contributed by atoms with Crippen molar-refractivity contribution in [2.24, 2.45) is 4.99 Å². The van der Waals surface area contributed by atoms with Crippen molar-refractivity contribution >= 4 is 60.7 Å². The van der Waals surface area contributed by atoms with Gasteiger partial charge in [-0.15, -0.1) is 6.58 Å². The number of carbonyl (C=O) groups is 1. The number of rotatable bonds is 9. The maximum absolute atomic E-state index is 12.9.